The molecule has 1 heterocycles. The van der Waals surface area contributed by atoms with E-state index >= 15 is 0 Å². The van der Waals surface area contributed by atoms with E-state index in [2.05, 4.69) is 34.7 Å². The molecular weight excluding hydrogens is 281 g/mol. The van der Waals surface area contributed by atoms with Crippen molar-refractivity contribution in [2.75, 3.05) is 11.4 Å². The highest BCUT2D eigenvalue weighted by molar-refractivity contribution is 9.08. The van der Waals surface area contributed by atoms with Crippen molar-refractivity contribution in [2.24, 2.45) is 5.92 Å². The molecule has 0 amide bonds. The Morgan fingerprint density at radius 2 is 2.18 bits per heavy atom. The summed E-state index contributed by atoms with van der Waals surface area (Å²) in [5, 5.41) is 0.576. The summed E-state index contributed by atoms with van der Waals surface area (Å²) in [4.78, 5) is 2.36. The Bertz CT molecular complexity index is 394. The second-order valence-electron chi connectivity index (χ2n) is 4.92. The van der Waals surface area contributed by atoms with Crippen LogP contribution >= 0.6 is 15.9 Å². The van der Waals surface area contributed by atoms with Crippen LogP contribution in [0.4, 0.5) is 10.1 Å². The van der Waals surface area contributed by atoms with Crippen molar-refractivity contribution < 1.29 is 4.39 Å². The molecule has 2 atom stereocenters. The third-order valence-corrected chi connectivity index (χ3v) is 4.47. The van der Waals surface area contributed by atoms with E-state index in [1.54, 1.807) is 0 Å². The summed E-state index contributed by atoms with van der Waals surface area (Å²) in [7, 11) is 0. The normalized spacial score (nSPS) is 25.1. The average Bonchev–Trinajstić information content (AvgIpc) is 2.32. The number of piperidine rings is 1. The van der Waals surface area contributed by atoms with Gasteiger partial charge in [-0.2, -0.15) is 0 Å². The number of benzene rings is 1. The van der Waals surface area contributed by atoms with Crippen LogP contribution in [0.2, 0.25) is 0 Å². The molecule has 1 nitrogen and oxygen atoms in total. The van der Waals surface area contributed by atoms with Crippen LogP contribution in [-0.4, -0.2) is 12.6 Å². The Balaban J connectivity index is 2.35. The third-order valence-electron chi connectivity index (χ3n) is 3.91. The summed E-state index contributed by atoms with van der Waals surface area (Å²) in [6.07, 6.45) is 2.47. The molecule has 0 radical (unpaired) electrons. The van der Waals surface area contributed by atoms with Crippen molar-refractivity contribution in [3.63, 3.8) is 0 Å². The standard InChI is InChI=1S/C14H19BrFN/c1-10-5-4-8-17(11(10)2)14-7-3-6-13(16)12(14)9-15/h3,6-7,10-11H,4-5,8-9H2,1-2H3. The number of hydrogen-bond acceptors (Lipinski definition) is 1. The maximum Gasteiger partial charge on any atom is 0.129 e. The van der Waals surface area contributed by atoms with Crippen molar-refractivity contribution in [3.8, 4) is 0 Å². The fraction of sp³-hybridized carbons (Fsp3) is 0.571. The fourth-order valence-electron chi connectivity index (χ4n) is 2.62. The van der Waals surface area contributed by atoms with Crippen LogP contribution in [0.5, 0.6) is 0 Å². The largest absolute Gasteiger partial charge is 0.368 e. The predicted octanol–water partition coefficient (Wildman–Crippen LogP) is 4.35. The first-order valence-electron chi connectivity index (χ1n) is 6.25. The molecule has 1 aromatic rings. The number of halogens is 2. The molecule has 0 N–H and O–H groups in total. The van der Waals surface area contributed by atoms with Crippen LogP contribution in [0, 0.1) is 11.7 Å². The van der Waals surface area contributed by atoms with Crippen LogP contribution in [0.3, 0.4) is 0 Å². The third kappa shape index (κ3) is 2.49. The molecule has 0 bridgehead atoms. The van der Waals surface area contributed by atoms with E-state index in [0.717, 1.165) is 17.8 Å². The highest BCUT2D eigenvalue weighted by Crippen LogP contribution is 2.32. The number of alkyl halides is 1. The molecule has 0 saturated carbocycles. The van der Waals surface area contributed by atoms with Gasteiger partial charge in [0.05, 0.1) is 0 Å². The molecule has 1 fully saturated rings. The topological polar surface area (TPSA) is 3.24 Å². The first-order chi connectivity index (χ1) is 8.15. The fourth-order valence-corrected chi connectivity index (χ4v) is 3.18. The summed E-state index contributed by atoms with van der Waals surface area (Å²) in [5.74, 6) is 0.569. The first-order valence-corrected chi connectivity index (χ1v) is 7.37. The smallest absolute Gasteiger partial charge is 0.129 e. The maximum atomic E-state index is 13.8. The van der Waals surface area contributed by atoms with Gasteiger partial charge in [-0.1, -0.05) is 28.9 Å². The summed E-state index contributed by atoms with van der Waals surface area (Å²) in [5.41, 5.74) is 1.84. The highest BCUT2D eigenvalue weighted by atomic mass is 79.9. The zero-order valence-corrected chi connectivity index (χ0v) is 12.0. The quantitative estimate of drug-likeness (QED) is 0.734. The Labute approximate surface area is 111 Å². The van der Waals surface area contributed by atoms with Gasteiger partial charge in [-0.15, -0.1) is 0 Å². The van der Waals surface area contributed by atoms with Gasteiger partial charge in [-0.3, -0.25) is 0 Å². The minimum atomic E-state index is -0.107. The SMILES string of the molecule is CC1CCCN(c2cccc(F)c2CBr)C1C. The lowest BCUT2D eigenvalue weighted by Gasteiger charge is -2.40. The second kappa shape index (κ2) is 5.38. The minimum Gasteiger partial charge on any atom is -0.368 e. The lowest BCUT2D eigenvalue weighted by molar-refractivity contribution is 0.363. The Hall–Kier alpha value is -0.570. The van der Waals surface area contributed by atoms with Crippen molar-refractivity contribution in [3.05, 3.63) is 29.6 Å². The lowest BCUT2D eigenvalue weighted by atomic mass is 9.91. The second-order valence-corrected chi connectivity index (χ2v) is 5.49. The molecule has 1 saturated heterocycles. The molecular formula is C14H19BrFN. The summed E-state index contributed by atoms with van der Waals surface area (Å²) >= 11 is 3.39. The molecule has 3 heteroatoms. The number of nitrogens with zero attached hydrogens (tertiary/aromatic N) is 1. The molecule has 0 aliphatic carbocycles. The van der Waals surface area contributed by atoms with Gasteiger partial charge in [0, 0.05) is 29.2 Å². The summed E-state index contributed by atoms with van der Waals surface area (Å²) in [6.45, 7) is 5.56. The Morgan fingerprint density at radius 3 is 2.88 bits per heavy atom. The summed E-state index contributed by atoms with van der Waals surface area (Å²) in [6, 6.07) is 5.87. The molecule has 1 aromatic carbocycles. The van der Waals surface area contributed by atoms with Crippen molar-refractivity contribution in [1.82, 2.24) is 0 Å². The molecule has 0 aromatic heterocycles. The lowest BCUT2D eigenvalue weighted by Crippen LogP contribution is -2.43. The molecule has 2 unspecified atom stereocenters. The van der Waals surface area contributed by atoms with Gasteiger partial charge in [-0.05, 0) is 37.8 Å². The van der Waals surface area contributed by atoms with E-state index in [1.807, 2.05) is 12.1 Å². The van der Waals surface area contributed by atoms with Gasteiger partial charge >= 0.3 is 0 Å². The predicted molar refractivity (Wildman–Crippen MR) is 74.2 cm³/mol. The van der Waals surface area contributed by atoms with E-state index in [1.165, 1.54) is 18.9 Å². The zero-order chi connectivity index (χ0) is 12.4. The van der Waals surface area contributed by atoms with Crippen LogP contribution in [0.1, 0.15) is 32.3 Å². The van der Waals surface area contributed by atoms with Crippen LogP contribution in [0.25, 0.3) is 0 Å². The van der Waals surface area contributed by atoms with Gasteiger partial charge < -0.3 is 4.90 Å². The number of anilines is 1. The first kappa shape index (κ1) is 12.9. The number of rotatable bonds is 2. The van der Waals surface area contributed by atoms with Gasteiger partial charge in [0.15, 0.2) is 0 Å². The van der Waals surface area contributed by atoms with Crippen molar-refractivity contribution in [1.29, 1.82) is 0 Å². The Morgan fingerprint density at radius 1 is 1.41 bits per heavy atom. The van der Waals surface area contributed by atoms with Crippen molar-refractivity contribution in [2.45, 2.75) is 38.1 Å². The van der Waals surface area contributed by atoms with E-state index in [4.69, 9.17) is 0 Å². The van der Waals surface area contributed by atoms with E-state index < -0.39 is 0 Å². The van der Waals surface area contributed by atoms with Gasteiger partial charge in [-0.25, -0.2) is 4.39 Å². The van der Waals surface area contributed by atoms with Crippen molar-refractivity contribution >= 4 is 21.6 Å². The average molecular weight is 300 g/mol. The van der Waals surface area contributed by atoms with Gasteiger partial charge in [0.25, 0.3) is 0 Å². The molecule has 2 rings (SSSR count). The van der Waals surface area contributed by atoms with E-state index in [9.17, 15) is 4.39 Å². The zero-order valence-electron chi connectivity index (χ0n) is 10.4. The molecule has 1 aliphatic rings. The van der Waals surface area contributed by atoms with Gasteiger partial charge in [0.1, 0.15) is 5.82 Å². The molecule has 0 spiro atoms. The van der Waals surface area contributed by atoms with E-state index in [-0.39, 0.29) is 5.82 Å². The van der Waals surface area contributed by atoms with Crippen LogP contribution in [-0.2, 0) is 5.33 Å². The maximum absolute atomic E-state index is 13.8. The minimum absolute atomic E-state index is 0.107. The molecule has 17 heavy (non-hydrogen) atoms. The highest BCUT2D eigenvalue weighted by Gasteiger charge is 2.26. The van der Waals surface area contributed by atoms with E-state index in [0.29, 0.717) is 17.3 Å². The monoisotopic (exact) mass is 299 g/mol. The summed E-state index contributed by atoms with van der Waals surface area (Å²) < 4.78 is 13.8. The van der Waals surface area contributed by atoms with Crippen LogP contribution in [0.15, 0.2) is 18.2 Å². The molecule has 1 aliphatic heterocycles. The Kier molecular flexibility index (Phi) is 4.08. The van der Waals surface area contributed by atoms with Gasteiger partial charge in [0.2, 0.25) is 0 Å². The van der Waals surface area contributed by atoms with Crippen LogP contribution < -0.4 is 4.90 Å². The number of hydrogen-bond donors (Lipinski definition) is 0. The molecule has 94 valence electrons.